The van der Waals surface area contributed by atoms with Gasteiger partial charge in [-0.25, -0.2) is 0 Å². The minimum absolute atomic E-state index is 0.0231. The van der Waals surface area contributed by atoms with E-state index in [1.165, 1.54) is 6.42 Å². The molecule has 1 fully saturated rings. The molecule has 1 aliphatic carbocycles. The van der Waals surface area contributed by atoms with Crippen molar-refractivity contribution in [3.63, 3.8) is 0 Å². The van der Waals surface area contributed by atoms with Crippen LogP contribution in [0.4, 0.5) is 5.69 Å². The van der Waals surface area contributed by atoms with Crippen molar-refractivity contribution in [3.8, 4) is 5.75 Å². The summed E-state index contributed by atoms with van der Waals surface area (Å²) >= 11 is 0. The Hall–Kier alpha value is -2.07. The van der Waals surface area contributed by atoms with Crippen molar-refractivity contribution in [2.24, 2.45) is 5.92 Å². The molecule has 0 radical (unpaired) electrons. The van der Waals surface area contributed by atoms with Gasteiger partial charge in [-0.2, -0.15) is 0 Å². The fraction of sp³-hybridized carbons (Fsp3) is 0.522. The fourth-order valence-corrected chi connectivity index (χ4v) is 3.84. The summed E-state index contributed by atoms with van der Waals surface area (Å²) in [6.07, 6.45) is 4.83. The summed E-state index contributed by atoms with van der Waals surface area (Å²) in [5, 5.41) is 5.17. The number of hydrogen-bond donors (Lipinski definition) is 1. The lowest BCUT2D eigenvalue weighted by atomic mass is 9.83. The number of anilines is 1. The molecule has 1 amide bonds. The number of ether oxygens (including phenoxy) is 2. The highest BCUT2D eigenvalue weighted by Crippen LogP contribution is 2.36. The average molecular weight is 370 g/mol. The third-order valence-electron chi connectivity index (χ3n) is 5.20. The van der Waals surface area contributed by atoms with E-state index in [-0.39, 0.29) is 5.91 Å². The monoisotopic (exact) mass is 369 g/mol. The van der Waals surface area contributed by atoms with Gasteiger partial charge >= 0.3 is 0 Å². The van der Waals surface area contributed by atoms with Crippen LogP contribution >= 0.6 is 0 Å². The molecule has 0 spiro atoms. The molecule has 1 aliphatic rings. The quantitative estimate of drug-likeness (QED) is 0.696. The lowest BCUT2D eigenvalue weighted by Gasteiger charge is -2.35. The van der Waals surface area contributed by atoms with Crippen LogP contribution in [-0.4, -0.2) is 24.7 Å². The van der Waals surface area contributed by atoms with Gasteiger partial charge in [-0.1, -0.05) is 57.4 Å². The topological polar surface area (TPSA) is 47.6 Å². The van der Waals surface area contributed by atoms with Gasteiger partial charge in [-0.3, -0.25) is 4.79 Å². The van der Waals surface area contributed by atoms with Gasteiger partial charge in [0.2, 0.25) is 0 Å². The highest BCUT2D eigenvalue weighted by atomic mass is 16.5. The molecule has 0 unspecified atom stereocenters. The molecule has 0 aliphatic heterocycles. The first-order chi connectivity index (χ1) is 13.1. The third-order valence-corrected chi connectivity index (χ3v) is 5.20. The molecule has 0 saturated heterocycles. The third kappa shape index (κ3) is 4.44. The summed E-state index contributed by atoms with van der Waals surface area (Å²) in [6.45, 7) is 7.45. The van der Waals surface area contributed by atoms with Crippen molar-refractivity contribution in [2.45, 2.75) is 58.5 Å². The van der Waals surface area contributed by atoms with E-state index in [4.69, 9.17) is 9.47 Å². The largest absolute Gasteiger partial charge is 0.493 e. The van der Waals surface area contributed by atoms with Crippen LogP contribution in [0.1, 0.15) is 52.9 Å². The number of carbonyl (C=O) groups excluding carboxylic acids is 1. The smallest absolute Gasteiger partial charge is 0.256 e. The van der Waals surface area contributed by atoms with Gasteiger partial charge in [0, 0.05) is 23.1 Å². The van der Waals surface area contributed by atoms with Gasteiger partial charge < -0.3 is 14.8 Å². The number of amides is 1. The minimum atomic E-state index is -0.694. The first-order valence-corrected chi connectivity index (χ1v) is 10.2. The summed E-state index contributed by atoms with van der Waals surface area (Å²) in [6, 6.07) is 12.0. The highest BCUT2D eigenvalue weighted by molar-refractivity contribution is 6.06. The van der Waals surface area contributed by atoms with Gasteiger partial charge in [0.05, 0.1) is 6.61 Å². The first kappa shape index (κ1) is 19.7. The standard InChI is InChI=1S/C23H31NO3/c1-4-27-23(14-8-5-9-15-23)22(25)24-20-12-13-21(26-16-17(2)3)19-11-7-6-10-18(19)20/h6-7,10-13,17H,4-5,8-9,14-16H2,1-3H3,(H,24,25). The van der Waals surface area contributed by atoms with E-state index in [9.17, 15) is 4.79 Å². The minimum Gasteiger partial charge on any atom is -0.493 e. The Morgan fingerprint density at radius 1 is 1.07 bits per heavy atom. The lowest BCUT2D eigenvalue weighted by Crippen LogP contribution is -2.47. The Labute approximate surface area is 162 Å². The molecule has 4 nitrogen and oxygen atoms in total. The van der Waals surface area contributed by atoms with Gasteiger partial charge in [-0.15, -0.1) is 0 Å². The van der Waals surface area contributed by atoms with Crippen LogP contribution in [0, 0.1) is 5.92 Å². The summed E-state index contributed by atoms with van der Waals surface area (Å²) < 4.78 is 11.9. The molecule has 2 aromatic carbocycles. The number of benzene rings is 2. The summed E-state index contributed by atoms with van der Waals surface area (Å²) in [4.78, 5) is 13.2. The Morgan fingerprint density at radius 2 is 1.78 bits per heavy atom. The predicted molar refractivity (Wildman–Crippen MR) is 110 cm³/mol. The SMILES string of the molecule is CCOC1(C(=O)Nc2ccc(OCC(C)C)c3ccccc23)CCCCC1. The maximum absolute atomic E-state index is 13.2. The summed E-state index contributed by atoms with van der Waals surface area (Å²) in [7, 11) is 0. The van der Waals surface area contributed by atoms with Crippen LogP contribution in [0.15, 0.2) is 36.4 Å². The predicted octanol–water partition coefficient (Wildman–Crippen LogP) is 5.55. The van der Waals surface area contributed by atoms with Crippen LogP contribution in [0.5, 0.6) is 5.75 Å². The number of hydrogen-bond acceptors (Lipinski definition) is 3. The number of nitrogens with one attached hydrogen (secondary N) is 1. The molecule has 0 atom stereocenters. The van der Waals surface area contributed by atoms with Crippen LogP contribution in [0.2, 0.25) is 0 Å². The molecular formula is C23H31NO3. The van der Waals surface area contributed by atoms with Gasteiger partial charge in [0.25, 0.3) is 5.91 Å². The zero-order valence-electron chi connectivity index (χ0n) is 16.7. The van der Waals surface area contributed by atoms with Gasteiger partial charge in [0.1, 0.15) is 11.4 Å². The number of rotatable bonds is 7. The van der Waals surface area contributed by atoms with Gasteiger partial charge in [-0.05, 0) is 37.8 Å². The molecule has 4 heteroatoms. The highest BCUT2D eigenvalue weighted by Gasteiger charge is 2.40. The normalized spacial score (nSPS) is 16.4. The van der Waals surface area contributed by atoms with E-state index in [1.807, 2.05) is 43.3 Å². The van der Waals surface area contributed by atoms with Crippen LogP contribution in [0.25, 0.3) is 10.8 Å². The molecule has 0 heterocycles. The number of carbonyl (C=O) groups is 1. The van der Waals surface area contributed by atoms with Crippen molar-refractivity contribution >= 4 is 22.4 Å². The van der Waals surface area contributed by atoms with E-state index in [1.54, 1.807) is 0 Å². The summed E-state index contributed by atoms with van der Waals surface area (Å²) in [5.41, 5.74) is 0.123. The molecule has 27 heavy (non-hydrogen) atoms. The molecule has 3 rings (SSSR count). The van der Waals surface area contributed by atoms with Crippen LogP contribution in [-0.2, 0) is 9.53 Å². The molecular weight excluding hydrogens is 338 g/mol. The Bertz CT molecular complexity index is 773. The second-order valence-electron chi connectivity index (χ2n) is 7.80. The first-order valence-electron chi connectivity index (χ1n) is 10.2. The van der Waals surface area contributed by atoms with E-state index in [0.29, 0.717) is 19.1 Å². The van der Waals surface area contributed by atoms with Crippen LogP contribution in [0.3, 0.4) is 0 Å². The van der Waals surface area contributed by atoms with Crippen molar-refractivity contribution in [3.05, 3.63) is 36.4 Å². The molecule has 0 bridgehead atoms. The maximum atomic E-state index is 13.2. The zero-order valence-corrected chi connectivity index (χ0v) is 16.7. The maximum Gasteiger partial charge on any atom is 0.256 e. The van der Waals surface area contributed by atoms with Crippen molar-refractivity contribution in [2.75, 3.05) is 18.5 Å². The molecule has 1 N–H and O–H groups in total. The second kappa shape index (κ2) is 8.75. The van der Waals surface area contributed by atoms with Crippen molar-refractivity contribution in [1.82, 2.24) is 0 Å². The van der Waals surface area contributed by atoms with E-state index in [0.717, 1.165) is 47.9 Å². The lowest BCUT2D eigenvalue weighted by molar-refractivity contribution is -0.145. The van der Waals surface area contributed by atoms with Crippen molar-refractivity contribution in [1.29, 1.82) is 0 Å². The molecule has 2 aromatic rings. The number of fused-ring (bicyclic) bond motifs is 1. The molecule has 146 valence electrons. The van der Waals surface area contributed by atoms with Gasteiger partial charge in [0.15, 0.2) is 0 Å². The van der Waals surface area contributed by atoms with E-state index < -0.39 is 5.60 Å². The Balaban J connectivity index is 1.88. The van der Waals surface area contributed by atoms with Crippen LogP contribution < -0.4 is 10.1 Å². The van der Waals surface area contributed by atoms with E-state index in [2.05, 4.69) is 19.2 Å². The van der Waals surface area contributed by atoms with Crippen molar-refractivity contribution < 1.29 is 14.3 Å². The average Bonchev–Trinajstić information content (AvgIpc) is 2.68. The summed E-state index contributed by atoms with van der Waals surface area (Å²) in [5.74, 6) is 1.29. The molecule has 0 aromatic heterocycles. The second-order valence-corrected chi connectivity index (χ2v) is 7.80. The Morgan fingerprint density at radius 3 is 2.44 bits per heavy atom. The fourth-order valence-electron chi connectivity index (χ4n) is 3.84. The van der Waals surface area contributed by atoms with E-state index >= 15 is 0 Å². The zero-order chi connectivity index (χ0) is 19.3. The molecule has 1 saturated carbocycles. The Kier molecular flexibility index (Phi) is 6.38.